The number of furan rings is 1. The Hall–Kier alpha value is -2.60. The summed E-state index contributed by atoms with van der Waals surface area (Å²) in [4.78, 5) is 2.23. The van der Waals surface area contributed by atoms with Gasteiger partial charge in [0.2, 0.25) is 0 Å². The maximum Gasteiger partial charge on any atom is 0.129 e. The standard InChI is InChI=1S/C24H29NO4/c1-19-5-3-6-21(13-19)15-25(14-20-8-10-23(27-2)11-9-20)16-22(26)17-28-18-24-7-4-12-29-24/h3-13,22,26H,14-18H2,1-2H3/t22-/m0/s1. The minimum absolute atomic E-state index is 0.258. The molecule has 5 nitrogen and oxygen atoms in total. The predicted octanol–water partition coefficient (Wildman–Crippen LogP) is 4.18. The largest absolute Gasteiger partial charge is 0.497 e. The van der Waals surface area contributed by atoms with E-state index in [1.165, 1.54) is 16.7 Å². The Morgan fingerprint density at radius 1 is 1.00 bits per heavy atom. The third-order valence-electron chi connectivity index (χ3n) is 4.66. The van der Waals surface area contributed by atoms with Gasteiger partial charge in [-0.05, 0) is 42.3 Å². The van der Waals surface area contributed by atoms with Crippen LogP contribution in [0.1, 0.15) is 22.5 Å². The number of nitrogens with zero attached hydrogens (tertiary/aromatic N) is 1. The topological polar surface area (TPSA) is 55.1 Å². The molecule has 0 saturated carbocycles. The van der Waals surface area contributed by atoms with Crippen LogP contribution in [0.4, 0.5) is 0 Å². The zero-order chi connectivity index (χ0) is 20.5. The lowest BCUT2D eigenvalue weighted by Crippen LogP contribution is -2.34. The van der Waals surface area contributed by atoms with Crippen LogP contribution in [0.25, 0.3) is 0 Å². The van der Waals surface area contributed by atoms with Gasteiger partial charge < -0.3 is 19.0 Å². The third kappa shape index (κ3) is 7.06. The summed E-state index contributed by atoms with van der Waals surface area (Å²) >= 11 is 0. The Morgan fingerprint density at radius 2 is 1.79 bits per heavy atom. The van der Waals surface area contributed by atoms with Crippen LogP contribution in [-0.4, -0.2) is 36.4 Å². The van der Waals surface area contributed by atoms with Crippen molar-refractivity contribution in [2.45, 2.75) is 32.7 Å². The lowest BCUT2D eigenvalue weighted by atomic mass is 10.1. The molecule has 0 fully saturated rings. The SMILES string of the molecule is COc1ccc(CN(Cc2cccc(C)c2)C[C@H](O)COCc2ccco2)cc1. The van der Waals surface area contributed by atoms with Crippen LogP contribution in [0.5, 0.6) is 5.75 Å². The fraction of sp³-hybridized carbons (Fsp3) is 0.333. The molecule has 0 radical (unpaired) electrons. The highest BCUT2D eigenvalue weighted by molar-refractivity contribution is 5.27. The highest BCUT2D eigenvalue weighted by atomic mass is 16.5. The van der Waals surface area contributed by atoms with E-state index in [4.69, 9.17) is 13.9 Å². The number of aryl methyl sites for hydroxylation is 1. The van der Waals surface area contributed by atoms with Gasteiger partial charge in [0, 0.05) is 19.6 Å². The first-order valence-electron chi connectivity index (χ1n) is 9.81. The monoisotopic (exact) mass is 395 g/mol. The number of rotatable bonds is 11. The average Bonchev–Trinajstić information content (AvgIpc) is 3.22. The molecule has 0 aliphatic carbocycles. The summed E-state index contributed by atoms with van der Waals surface area (Å²) in [5.74, 6) is 1.59. The minimum Gasteiger partial charge on any atom is -0.497 e. The number of methoxy groups -OCH3 is 1. The van der Waals surface area contributed by atoms with Crippen molar-refractivity contribution >= 4 is 0 Å². The van der Waals surface area contributed by atoms with Crippen molar-refractivity contribution in [1.29, 1.82) is 0 Å². The van der Waals surface area contributed by atoms with Crippen molar-refractivity contribution in [1.82, 2.24) is 4.90 Å². The summed E-state index contributed by atoms with van der Waals surface area (Å²) in [6.45, 7) is 4.71. The van der Waals surface area contributed by atoms with Gasteiger partial charge in [-0.15, -0.1) is 0 Å². The van der Waals surface area contributed by atoms with Crippen LogP contribution in [0.15, 0.2) is 71.3 Å². The van der Waals surface area contributed by atoms with E-state index in [0.717, 1.165) is 24.6 Å². The van der Waals surface area contributed by atoms with Gasteiger partial charge in [-0.25, -0.2) is 0 Å². The molecule has 3 aromatic rings. The first-order chi connectivity index (χ1) is 14.1. The molecule has 1 aromatic heterocycles. The number of benzene rings is 2. The van der Waals surface area contributed by atoms with Crippen LogP contribution in [0.2, 0.25) is 0 Å². The quantitative estimate of drug-likeness (QED) is 0.528. The number of hydrogen-bond acceptors (Lipinski definition) is 5. The molecular weight excluding hydrogens is 366 g/mol. The van der Waals surface area contributed by atoms with Crippen molar-refractivity contribution in [3.8, 4) is 5.75 Å². The Morgan fingerprint density at radius 3 is 2.48 bits per heavy atom. The van der Waals surface area contributed by atoms with E-state index in [0.29, 0.717) is 13.2 Å². The molecule has 0 aliphatic heterocycles. The van der Waals surface area contributed by atoms with E-state index < -0.39 is 6.10 Å². The first-order valence-corrected chi connectivity index (χ1v) is 9.81. The zero-order valence-corrected chi connectivity index (χ0v) is 17.1. The van der Waals surface area contributed by atoms with Crippen molar-refractivity contribution < 1.29 is 19.0 Å². The minimum atomic E-state index is -0.590. The molecule has 3 rings (SSSR count). The lowest BCUT2D eigenvalue weighted by Gasteiger charge is -2.25. The average molecular weight is 395 g/mol. The van der Waals surface area contributed by atoms with Crippen molar-refractivity contribution in [3.05, 3.63) is 89.4 Å². The number of ether oxygens (including phenoxy) is 2. The molecule has 0 aliphatic rings. The van der Waals surface area contributed by atoms with Gasteiger partial charge in [0.05, 0.1) is 26.1 Å². The van der Waals surface area contributed by atoms with E-state index in [2.05, 4.69) is 48.2 Å². The Balaban J connectivity index is 1.60. The van der Waals surface area contributed by atoms with Crippen LogP contribution < -0.4 is 4.74 Å². The molecule has 0 amide bonds. The first kappa shape index (κ1) is 21.1. The third-order valence-corrected chi connectivity index (χ3v) is 4.66. The van der Waals surface area contributed by atoms with Gasteiger partial charge in [0.1, 0.15) is 18.1 Å². The van der Waals surface area contributed by atoms with E-state index in [-0.39, 0.29) is 6.61 Å². The molecule has 5 heteroatoms. The smallest absolute Gasteiger partial charge is 0.129 e. The maximum absolute atomic E-state index is 10.5. The maximum atomic E-state index is 10.5. The van der Waals surface area contributed by atoms with Gasteiger partial charge in [-0.1, -0.05) is 42.0 Å². The number of hydrogen-bond donors (Lipinski definition) is 1. The molecular formula is C24H29NO4. The van der Waals surface area contributed by atoms with E-state index in [1.54, 1.807) is 13.4 Å². The Bertz CT molecular complexity index is 846. The van der Waals surface area contributed by atoms with Crippen molar-refractivity contribution in [2.75, 3.05) is 20.3 Å². The summed E-state index contributed by atoms with van der Waals surface area (Å²) in [5, 5.41) is 10.5. The van der Waals surface area contributed by atoms with E-state index in [9.17, 15) is 5.11 Å². The summed E-state index contributed by atoms with van der Waals surface area (Å²) in [5.41, 5.74) is 3.62. The molecule has 1 N–H and O–H groups in total. The van der Waals surface area contributed by atoms with E-state index in [1.807, 2.05) is 24.3 Å². The highest BCUT2D eigenvalue weighted by Crippen LogP contribution is 2.16. The molecule has 0 saturated heterocycles. The van der Waals surface area contributed by atoms with Gasteiger partial charge in [-0.3, -0.25) is 4.90 Å². The highest BCUT2D eigenvalue weighted by Gasteiger charge is 2.14. The Kier molecular flexibility index (Phi) is 7.87. The zero-order valence-electron chi connectivity index (χ0n) is 17.1. The second kappa shape index (κ2) is 10.8. The van der Waals surface area contributed by atoms with Gasteiger partial charge in [0.15, 0.2) is 0 Å². The van der Waals surface area contributed by atoms with Gasteiger partial charge >= 0.3 is 0 Å². The van der Waals surface area contributed by atoms with Crippen LogP contribution >= 0.6 is 0 Å². The van der Waals surface area contributed by atoms with Crippen molar-refractivity contribution in [2.24, 2.45) is 0 Å². The molecule has 0 bridgehead atoms. The summed E-state index contributed by atoms with van der Waals surface area (Å²) in [6.07, 6.45) is 1.03. The van der Waals surface area contributed by atoms with Gasteiger partial charge in [-0.2, -0.15) is 0 Å². The lowest BCUT2D eigenvalue weighted by molar-refractivity contribution is 0.00253. The second-order valence-corrected chi connectivity index (χ2v) is 7.26. The normalized spacial score (nSPS) is 12.3. The Labute approximate surface area is 172 Å². The van der Waals surface area contributed by atoms with Gasteiger partial charge in [0.25, 0.3) is 0 Å². The fourth-order valence-corrected chi connectivity index (χ4v) is 3.28. The molecule has 2 aromatic carbocycles. The molecule has 0 spiro atoms. The van der Waals surface area contributed by atoms with Crippen molar-refractivity contribution in [3.63, 3.8) is 0 Å². The van der Waals surface area contributed by atoms with Crippen LogP contribution in [0.3, 0.4) is 0 Å². The van der Waals surface area contributed by atoms with E-state index >= 15 is 0 Å². The predicted molar refractivity (Wildman–Crippen MR) is 113 cm³/mol. The number of aliphatic hydroxyl groups excluding tert-OH is 1. The van der Waals surface area contributed by atoms with Crippen LogP contribution in [-0.2, 0) is 24.4 Å². The summed E-state index contributed by atoms with van der Waals surface area (Å²) in [7, 11) is 1.66. The summed E-state index contributed by atoms with van der Waals surface area (Å²) in [6, 6.07) is 20.2. The molecule has 29 heavy (non-hydrogen) atoms. The second-order valence-electron chi connectivity index (χ2n) is 7.26. The fourth-order valence-electron chi connectivity index (χ4n) is 3.28. The summed E-state index contributed by atoms with van der Waals surface area (Å²) < 4.78 is 16.1. The molecule has 154 valence electrons. The molecule has 1 atom stereocenters. The number of aliphatic hydroxyl groups is 1. The molecule has 0 unspecified atom stereocenters. The van der Waals surface area contributed by atoms with Crippen LogP contribution in [0, 0.1) is 6.92 Å². The molecule has 1 heterocycles.